The first-order valence-electron chi connectivity index (χ1n) is 11.7. The molecule has 168 valence electrons. The second-order valence-corrected chi connectivity index (χ2v) is 8.71. The van der Waals surface area contributed by atoms with E-state index in [0.717, 1.165) is 55.2 Å². The molecule has 1 aliphatic heterocycles. The fourth-order valence-electron chi connectivity index (χ4n) is 4.49. The number of ether oxygens (including phenoxy) is 1. The number of hydrogen-bond acceptors (Lipinski definition) is 3. The molecule has 4 rings (SSSR count). The van der Waals surface area contributed by atoms with Crippen LogP contribution in [-0.4, -0.2) is 23.4 Å². The Morgan fingerprint density at radius 1 is 1.06 bits per heavy atom. The third-order valence-corrected chi connectivity index (χ3v) is 6.31. The van der Waals surface area contributed by atoms with Crippen LogP contribution in [0, 0.1) is 0 Å². The molecule has 2 heterocycles. The molecule has 0 unspecified atom stereocenters. The van der Waals surface area contributed by atoms with E-state index >= 15 is 0 Å². The van der Waals surface area contributed by atoms with Crippen LogP contribution in [0.25, 0.3) is 17.0 Å². The zero-order valence-corrected chi connectivity index (χ0v) is 19.2. The summed E-state index contributed by atoms with van der Waals surface area (Å²) in [5, 5.41) is 13.8. The first kappa shape index (κ1) is 22.2. The minimum atomic E-state index is -0.155. The summed E-state index contributed by atoms with van der Waals surface area (Å²) in [5.41, 5.74) is 3.15. The predicted molar refractivity (Wildman–Crippen MR) is 126 cm³/mol. The molecule has 5 heteroatoms. The number of benzene rings is 2. The van der Waals surface area contributed by atoms with Gasteiger partial charge in [0.05, 0.1) is 18.7 Å². The monoisotopic (exact) mass is 432 g/mol. The van der Waals surface area contributed by atoms with Crippen molar-refractivity contribution in [2.24, 2.45) is 7.05 Å². The van der Waals surface area contributed by atoms with Crippen molar-refractivity contribution < 1.29 is 19.5 Å². The molecule has 3 aromatic rings. The van der Waals surface area contributed by atoms with E-state index in [0.29, 0.717) is 23.4 Å². The Morgan fingerprint density at radius 3 is 2.50 bits per heavy atom. The summed E-state index contributed by atoms with van der Waals surface area (Å²) in [6, 6.07) is 11.2. The average Bonchev–Trinajstić information content (AvgIpc) is 3.29. The van der Waals surface area contributed by atoms with Crippen molar-refractivity contribution in [3.8, 4) is 11.5 Å². The van der Waals surface area contributed by atoms with Gasteiger partial charge in [0.25, 0.3) is 0 Å². The Morgan fingerprint density at radius 2 is 1.78 bits per heavy atom. The highest BCUT2D eigenvalue weighted by Gasteiger charge is 2.31. The van der Waals surface area contributed by atoms with Crippen LogP contribution in [0.2, 0.25) is 0 Å². The summed E-state index contributed by atoms with van der Waals surface area (Å²) in [4.78, 5) is 14.5. The Kier molecular flexibility index (Phi) is 6.66. The number of para-hydroxylation sites is 1. The summed E-state index contributed by atoms with van der Waals surface area (Å²) in [6.45, 7) is 7.00. The zero-order valence-electron chi connectivity index (χ0n) is 19.2. The molecule has 32 heavy (non-hydrogen) atoms. The molecular weight excluding hydrogens is 400 g/mol. The molecule has 0 radical (unpaired) electrons. The third-order valence-electron chi connectivity index (χ3n) is 6.31. The van der Waals surface area contributed by atoms with E-state index in [4.69, 9.17) is 4.74 Å². The first-order chi connectivity index (χ1) is 15.5. The Balaban J connectivity index is 1.66. The van der Waals surface area contributed by atoms with E-state index in [9.17, 15) is 9.90 Å². The number of nitrogens with one attached hydrogen (secondary N) is 1. The fourth-order valence-corrected chi connectivity index (χ4v) is 4.49. The van der Waals surface area contributed by atoms with Crippen LogP contribution in [0.4, 0.5) is 0 Å². The van der Waals surface area contributed by atoms with Crippen molar-refractivity contribution in [1.82, 2.24) is 4.57 Å². The van der Waals surface area contributed by atoms with Crippen LogP contribution in [0.3, 0.4) is 0 Å². The van der Waals surface area contributed by atoms with Gasteiger partial charge in [-0.1, -0.05) is 56.7 Å². The molecule has 5 nitrogen and oxygen atoms in total. The molecule has 0 saturated heterocycles. The minimum absolute atomic E-state index is 0.0477. The topological polar surface area (TPSA) is 58.7 Å². The maximum Gasteiger partial charge on any atom is 0.231 e. The van der Waals surface area contributed by atoms with E-state index < -0.39 is 0 Å². The van der Waals surface area contributed by atoms with Gasteiger partial charge >= 0.3 is 0 Å². The van der Waals surface area contributed by atoms with Gasteiger partial charge in [0.2, 0.25) is 5.78 Å². The zero-order chi connectivity index (χ0) is 22.7. The summed E-state index contributed by atoms with van der Waals surface area (Å²) in [7, 11) is 1.99. The van der Waals surface area contributed by atoms with Gasteiger partial charge in [-0.05, 0) is 31.1 Å². The number of ketones is 1. The normalized spacial score (nSPS) is 14.5. The highest BCUT2D eigenvalue weighted by Crippen LogP contribution is 2.38. The number of quaternary nitrogens is 1. The minimum Gasteiger partial charge on any atom is -0.872 e. The number of fused-ring (bicyclic) bond motifs is 2. The second kappa shape index (κ2) is 9.61. The van der Waals surface area contributed by atoms with Crippen LogP contribution in [0.15, 0.2) is 48.4 Å². The Hall–Kier alpha value is -3.05. The van der Waals surface area contributed by atoms with Crippen molar-refractivity contribution in [2.75, 3.05) is 13.1 Å². The molecule has 1 aromatic heterocycles. The van der Waals surface area contributed by atoms with Crippen molar-refractivity contribution in [1.29, 1.82) is 0 Å². The van der Waals surface area contributed by atoms with E-state index in [-0.39, 0.29) is 17.3 Å². The molecule has 0 aliphatic carbocycles. The van der Waals surface area contributed by atoms with Gasteiger partial charge in [-0.3, -0.25) is 4.79 Å². The summed E-state index contributed by atoms with van der Waals surface area (Å²) in [5.74, 6) is 0.540. The molecular formula is C27H32N2O3. The van der Waals surface area contributed by atoms with Crippen LogP contribution in [-0.2, 0) is 13.6 Å². The van der Waals surface area contributed by atoms with Crippen LogP contribution >= 0.6 is 0 Å². The highest BCUT2D eigenvalue weighted by molar-refractivity contribution is 6.15. The van der Waals surface area contributed by atoms with Gasteiger partial charge in [-0.25, -0.2) is 0 Å². The largest absolute Gasteiger partial charge is 0.872 e. The van der Waals surface area contributed by atoms with Crippen molar-refractivity contribution >= 4 is 22.8 Å². The summed E-state index contributed by atoms with van der Waals surface area (Å²) in [6.07, 6.45) is 8.29. The van der Waals surface area contributed by atoms with E-state index in [2.05, 4.69) is 19.9 Å². The number of carbonyl (C=O) groups is 1. The predicted octanol–water partition coefficient (Wildman–Crippen LogP) is 3.85. The average molecular weight is 433 g/mol. The molecule has 0 fully saturated rings. The van der Waals surface area contributed by atoms with Crippen LogP contribution in [0.1, 0.15) is 61.0 Å². The number of Topliss-reactive ketones (excluding diaryl/α,β-unsaturated/α-hetero) is 1. The van der Waals surface area contributed by atoms with Gasteiger partial charge in [0, 0.05) is 35.3 Å². The van der Waals surface area contributed by atoms with E-state index in [1.807, 2.05) is 36.0 Å². The second-order valence-electron chi connectivity index (χ2n) is 8.71. The van der Waals surface area contributed by atoms with Gasteiger partial charge < -0.3 is 19.3 Å². The van der Waals surface area contributed by atoms with E-state index in [1.165, 1.54) is 11.0 Å². The molecule has 0 spiro atoms. The number of hydrogen-bond donors (Lipinski definition) is 1. The molecule has 2 aromatic carbocycles. The van der Waals surface area contributed by atoms with Gasteiger partial charge in [-0.2, -0.15) is 0 Å². The Bertz CT molecular complexity index is 1150. The van der Waals surface area contributed by atoms with Gasteiger partial charge in [0.15, 0.2) is 5.76 Å². The van der Waals surface area contributed by atoms with Crippen LogP contribution < -0.4 is 14.7 Å². The summed E-state index contributed by atoms with van der Waals surface area (Å²) < 4.78 is 8.13. The van der Waals surface area contributed by atoms with Crippen molar-refractivity contribution in [2.45, 2.75) is 46.1 Å². The lowest BCUT2D eigenvalue weighted by molar-refractivity contribution is -0.914. The molecule has 0 atom stereocenters. The molecule has 0 saturated carbocycles. The lowest BCUT2D eigenvalue weighted by Crippen LogP contribution is -3.10. The smallest absolute Gasteiger partial charge is 0.231 e. The number of aryl methyl sites for hydroxylation is 1. The molecule has 1 N–H and O–H groups in total. The SMILES string of the molecule is CCCC[NH+](CCCC)Cc1c([O-])ccc2c1OC(=Cc1cn(C)c3ccccc13)C2=O. The maximum atomic E-state index is 13.1. The number of nitrogens with zero attached hydrogens (tertiary/aromatic N) is 1. The van der Waals surface area contributed by atoms with Crippen molar-refractivity contribution in [3.05, 3.63) is 65.0 Å². The number of unbranched alkanes of at least 4 members (excludes halogenated alkanes) is 2. The first-order valence-corrected chi connectivity index (χ1v) is 11.7. The van der Waals surface area contributed by atoms with Gasteiger partial charge in [0.1, 0.15) is 12.3 Å². The number of allylic oxidation sites excluding steroid dienone is 1. The lowest BCUT2D eigenvalue weighted by Gasteiger charge is -2.23. The number of aromatic nitrogens is 1. The van der Waals surface area contributed by atoms with E-state index in [1.54, 1.807) is 12.1 Å². The Labute approximate surface area is 189 Å². The molecule has 1 aliphatic rings. The maximum absolute atomic E-state index is 13.1. The number of carbonyl (C=O) groups excluding carboxylic acids is 1. The quantitative estimate of drug-likeness (QED) is 0.523. The molecule has 0 amide bonds. The fraction of sp³-hybridized carbons (Fsp3) is 0.370. The third kappa shape index (κ3) is 4.30. The number of rotatable bonds is 9. The lowest BCUT2D eigenvalue weighted by atomic mass is 10.0. The standard InChI is InChI=1S/C27H32N2O3/c1-4-6-14-29(15-7-5-2)18-22-24(30)13-12-21-26(31)25(32-27(21)22)16-19-17-28(3)23-11-9-8-10-20(19)23/h8-13,16-17,30H,4-7,14-15,18H2,1-3H3. The van der Waals surface area contributed by atoms with Crippen LogP contribution in [0.5, 0.6) is 11.5 Å². The highest BCUT2D eigenvalue weighted by atomic mass is 16.5. The summed E-state index contributed by atoms with van der Waals surface area (Å²) >= 11 is 0. The molecule has 0 bridgehead atoms. The van der Waals surface area contributed by atoms with Gasteiger partial charge in [-0.15, -0.1) is 0 Å². The van der Waals surface area contributed by atoms with Crippen molar-refractivity contribution in [3.63, 3.8) is 0 Å².